The Morgan fingerprint density at radius 1 is 0.842 bits per heavy atom. The zero-order chi connectivity index (χ0) is 13.7. The van der Waals surface area contributed by atoms with Crippen molar-refractivity contribution in [3.05, 3.63) is 77.9 Å². The molecule has 0 spiro atoms. The van der Waals surface area contributed by atoms with Gasteiger partial charge in [-0.1, -0.05) is 66.2 Å². The van der Waals surface area contributed by atoms with Crippen LogP contribution in [0.3, 0.4) is 0 Å². The van der Waals surface area contributed by atoms with Crippen molar-refractivity contribution in [2.75, 3.05) is 14.2 Å². The van der Waals surface area contributed by atoms with E-state index in [4.69, 9.17) is 9.47 Å². The predicted octanol–water partition coefficient (Wildman–Crippen LogP) is 2.07. The van der Waals surface area contributed by atoms with Gasteiger partial charge in [0, 0.05) is 19.8 Å². The van der Waals surface area contributed by atoms with Gasteiger partial charge in [-0.15, -0.1) is 0 Å². The predicted molar refractivity (Wildman–Crippen MR) is 70.9 cm³/mol. The van der Waals surface area contributed by atoms with Crippen LogP contribution >= 0.6 is 0 Å². The molecule has 0 saturated heterocycles. The number of rotatable bonds is 5. The normalized spacial score (nSPS) is 11.8. The van der Waals surface area contributed by atoms with Crippen LogP contribution in [0.25, 0.3) is 0 Å². The van der Waals surface area contributed by atoms with Crippen LogP contribution < -0.4 is 5.11 Å². The second-order valence-corrected chi connectivity index (χ2v) is 4.09. The summed E-state index contributed by atoms with van der Waals surface area (Å²) in [6, 6.07) is 18.2. The summed E-state index contributed by atoms with van der Waals surface area (Å²) >= 11 is 0. The molecule has 19 heavy (non-hydrogen) atoms. The van der Waals surface area contributed by atoms with Crippen molar-refractivity contribution in [2.24, 2.45) is 0 Å². The maximum absolute atomic E-state index is 12.7. The lowest BCUT2D eigenvalue weighted by atomic mass is 9.94. The third-order valence-electron chi connectivity index (χ3n) is 3.06. The van der Waals surface area contributed by atoms with Gasteiger partial charge in [-0.05, 0) is 6.10 Å². The minimum atomic E-state index is -1.40. The number of hydrogen-bond donors (Lipinski definition) is 0. The molecule has 0 aliphatic rings. The van der Waals surface area contributed by atoms with Crippen LogP contribution in [-0.4, -0.2) is 14.2 Å². The maximum Gasteiger partial charge on any atom is 0.188 e. The Morgan fingerprint density at radius 2 is 1.32 bits per heavy atom. The molecule has 0 aliphatic heterocycles. The molecule has 99 valence electrons. The minimum Gasteiger partial charge on any atom is -0.842 e. The fourth-order valence-electron chi connectivity index (χ4n) is 2.07. The monoisotopic (exact) mass is 256 g/mol. The second-order valence-electron chi connectivity index (χ2n) is 4.09. The van der Waals surface area contributed by atoms with Crippen molar-refractivity contribution < 1.29 is 14.6 Å². The third-order valence-corrected chi connectivity index (χ3v) is 3.06. The molecule has 0 amide bonds. The van der Waals surface area contributed by atoms with Gasteiger partial charge in [0.25, 0.3) is 0 Å². The second kappa shape index (κ2) is 5.97. The van der Waals surface area contributed by atoms with E-state index in [1.54, 1.807) is 12.1 Å². The molecule has 2 aromatic rings. The molecular formula is C16H16O3-. The van der Waals surface area contributed by atoms with Crippen molar-refractivity contribution in [1.82, 2.24) is 0 Å². The average molecular weight is 256 g/mol. The largest absolute Gasteiger partial charge is 0.842 e. The maximum atomic E-state index is 12.7. The topological polar surface area (TPSA) is 41.5 Å². The van der Waals surface area contributed by atoms with E-state index in [2.05, 4.69) is 0 Å². The van der Waals surface area contributed by atoms with E-state index in [1.165, 1.54) is 14.2 Å². The Bertz CT molecular complexity index is 492. The molecule has 0 heterocycles. The van der Waals surface area contributed by atoms with Crippen LogP contribution in [0.2, 0.25) is 0 Å². The highest BCUT2D eigenvalue weighted by Crippen LogP contribution is 2.36. The van der Waals surface area contributed by atoms with Crippen LogP contribution in [0.15, 0.2) is 60.7 Å². The van der Waals surface area contributed by atoms with Crippen molar-refractivity contribution in [2.45, 2.75) is 5.79 Å². The van der Waals surface area contributed by atoms with E-state index in [0.717, 1.165) is 0 Å². The SMILES string of the molecule is COC(OC)([C]([O-])c1ccccc1)c1ccccc1. The lowest BCUT2D eigenvalue weighted by molar-refractivity contribution is -0.416. The van der Waals surface area contributed by atoms with E-state index < -0.39 is 5.79 Å². The quantitative estimate of drug-likeness (QED) is 0.769. The highest BCUT2D eigenvalue weighted by atomic mass is 16.7. The molecule has 0 atom stereocenters. The van der Waals surface area contributed by atoms with E-state index in [-0.39, 0.29) is 6.10 Å². The fraction of sp³-hybridized carbons (Fsp3) is 0.188. The molecule has 0 saturated carbocycles. The van der Waals surface area contributed by atoms with Crippen LogP contribution in [0.4, 0.5) is 0 Å². The van der Waals surface area contributed by atoms with Crippen molar-refractivity contribution >= 4 is 0 Å². The molecule has 0 bridgehead atoms. The Hall–Kier alpha value is -1.68. The van der Waals surface area contributed by atoms with E-state index in [0.29, 0.717) is 11.1 Å². The summed E-state index contributed by atoms with van der Waals surface area (Å²) < 4.78 is 10.8. The molecule has 2 aromatic carbocycles. The number of benzene rings is 2. The molecule has 1 radical (unpaired) electrons. The van der Waals surface area contributed by atoms with Gasteiger partial charge < -0.3 is 14.6 Å². The summed E-state index contributed by atoms with van der Waals surface area (Å²) in [6.07, 6.45) is -0.218. The van der Waals surface area contributed by atoms with Gasteiger partial charge in [0.1, 0.15) is 0 Å². The average Bonchev–Trinajstić information content (AvgIpc) is 2.51. The zero-order valence-electron chi connectivity index (χ0n) is 11.0. The number of ether oxygens (including phenoxy) is 2. The first kappa shape index (κ1) is 13.7. The third kappa shape index (κ3) is 2.54. The Balaban J connectivity index is 2.45. The Morgan fingerprint density at radius 3 is 1.79 bits per heavy atom. The van der Waals surface area contributed by atoms with Crippen molar-refractivity contribution in [3.8, 4) is 0 Å². The Labute approximate surface area is 113 Å². The molecular weight excluding hydrogens is 240 g/mol. The molecule has 0 aromatic heterocycles. The lowest BCUT2D eigenvalue weighted by Crippen LogP contribution is -2.44. The van der Waals surface area contributed by atoms with Gasteiger partial charge >= 0.3 is 0 Å². The molecule has 0 N–H and O–H groups in total. The van der Waals surface area contributed by atoms with Crippen molar-refractivity contribution in [1.29, 1.82) is 0 Å². The highest BCUT2D eigenvalue weighted by molar-refractivity contribution is 5.35. The van der Waals surface area contributed by atoms with Crippen LogP contribution in [-0.2, 0) is 15.3 Å². The zero-order valence-corrected chi connectivity index (χ0v) is 11.0. The summed E-state index contributed by atoms with van der Waals surface area (Å²) in [6.45, 7) is 0. The standard InChI is InChI=1S/C16H16O3/c1-18-16(19-2,14-11-7-4-8-12-14)15(17)13-9-5-3-6-10-13/h3-12H,1-2H3/q-1. The van der Waals surface area contributed by atoms with Crippen LogP contribution in [0.5, 0.6) is 0 Å². The molecule has 0 aliphatic carbocycles. The lowest BCUT2D eigenvalue weighted by Gasteiger charge is -2.42. The first-order valence-corrected chi connectivity index (χ1v) is 6.00. The van der Waals surface area contributed by atoms with E-state index in [9.17, 15) is 5.11 Å². The number of hydrogen-bond acceptors (Lipinski definition) is 3. The van der Waals surface area contributed by atoms with Crippen LogP contribution in [0, 0.1) is 6.10 Å². The number of methoxy groups -OCH3 is 2. The first-order chi connectivity index (χ1) is 9.24. The van der Waals surface area contributed by atoms with Gasteiger partial charge in [0.2, 0.25) is 0 Å². The van der Waals surface area contributed by atoms with E-state index in [1.807, 2.05) is 48.5 Å². The summed E-state index contributed by atoms with van der Waals surface area (Å²) in [7, 11) is 2.94. The van der Waals surface area contributed by atoms with Gasteiger partial charge in [0.05, 0.1) is 0 Å². The Kier molecular flexibility index (Phi) is 4.32. The summed E-state index contributed by atoms with van der Waals surface area (Å²) in [5.41, 5.74) is 1.23. The first-order valence-electron chi connectivity index (χ1n) is 6.00. The van der Waals surface area contributed by atoms with Gasteiger partial charge in [-0.25, -0.2) is 0 Å². The molecule has 3 heteroatoms. The van der Waals surface area contributed by atoms with Gasteiger partial charge in [0.15, 0.2) is 5.79 Å². The van der Waals surface area contributed by atoms with Crippen LogP contribution in [0.1, 0.15) is 11.1 Å². The minimum absolute atomic E-state index is 0.218. The smallest absolute Gasteiger partial charge is 0.188 e. The summed E-state index contributed by atoms with van der Waals surface area (Å²) in [4.78, 5) is 0. The van der Waals surface area contributed by atoms with Gasteiger partial charge in [-0.2, -0.15) is 0 Å². The fourth-order valence-corrected chi connectivity index (χ4v) is 2.07. The summed E-state index contributed by atoms with van der Waals surface area (Å²) in [5, 5.41) is 12.7. The van der Waals surface area contributed by atoms with Gasteiger partial charge in [-0.3, -0.25) is 0 Å². The molecule has 0 fully saturated rings. The molecule has 2 rings (SSSR count). The van der Waals surface area contributed by atoms with E-state index >= 15 is 0 Å². The molecule has 0 unspecified atom stereocenters. The molecule has 3 nitrogen and oxygen atoms in total. The highest BCUT2D eigenvalue weighted by Gasteiger charge is 2.35. The summed E-state index contributed by atoms with van der Waals surface area (Å²) in [5.74, 6) is -1.40. The van der Waals surface area contributed by atoms with Crippen molar-refractivity contribution in [3.63, 3.8) is 0 Å².